The summed E-state index contributed by atoms with van der Waals surface area (Å²) in [4.78, 5) is 0. The van der Waals surface area contributed by atoms with Crippen LogP contribution in [0, 0.1) is 0 Å². The maximum Gasteiger partial charge on any atom is 0.102 e. The van der Waals surface area contributed by atoms with E-state index in [1.807, 2.05) is 24.7 Å². The lowest BCUT2D eigenvalue weighted by atomic mass is 10.0. The third-order valence-electron chi connectivity index (χ3n) is 3.36. The van der Waals surface area contributed by atoms with Crippen LogP contribution in [-0.2, 0) is 12.1 Å². The number of aromatic nitrogens is 3. The Bertz CT molecular complexity index is 737. The number of rotatable bonds is 3. The molecule has 0 aliphatic heterocycles. The molecule has 0 bridgehead atoms. The Kier molecular flexibility index (Phi) is 3.03. The molecule has 0 saturated heterocycles. The molecule has 0 radical (unpaired) electrons. The zero-order valence-electron chi connectivity index (χ0n) is 11.7. The minimum absolute atomic E-state index is 0.457. The van der Waals surface area contributed by atoms with Crippen molar-refractivity contribution in [3.05, 3.63) is 59.9 Å². The summed E-state index contributed by atoms with van der Waals surface area (Å²) in [5, 5.41) is 10.8. The molecule has 0 atom stereocenters. The second-order valence-corrected chi connectivity index (χ2v) is 5.70. The highest BCUT2D eigenvalue weighted by Gasteiger charge is 2.18. The van der Waals surface area contributed by atoms with Crippen LogP contribution in [0.5, 0.6) is 0 Å². The van der Waals surface area contributed by atoms with Gasteiger partial charge < -0.3 is 5.73 Å². The molecule has 0 aliphatic carbocycles. The van der Waals surface area contributed by atoms with Crippen molar-refractivity contribution in [1.82, 2.24) is 15.0 Å². The van der Waals surface area contributed by atoms with Crippen LogP contribution in [0.1, 0.15) is 25.1 Å². The molecule has 4 heteroatoms. The highest BCUT2D eigenvalue weighted by molar-refractivity contribution is 5.82. The second-order valence-electron chi connectivity index (χ2n) is 5.70. The first-order chi connectivity index (χ1) is 9.52. The molecule has 0 aliphatic rings. The van der Waals surface area contributed by atoms with Crippen molar-refractivity contribution in [1.29, 1.82) is 0 Å². The fourth-order valence-electron chi connectivity index (χ4n) is 2.20. The third kappa shape index (κ3) is 2.56. The third-order valence-corrected chi connectivity index (χ3v) is 3.36. The van der Waals surface area contributed by atoms with Crippen molar-refractivity contribution in [2.75, 3.05) is 0 Å². The molecule has 1 aromatic heterocycles. The molecule has 0 saturated carbocycles. The van der Waals surface area contributed by atoms with Gasteiger partial charge in [-0.25, -0.2) is 4.68 Å². The molecule has 1 heterocycles. The Morgan fingerprint density at radius 3 is 2.55 bits per heavy atom. The summed E-state index contributed by atoms with van der Waals surface area (Å²) in [5.74, 6) is 0. The maximum absolute atomic E-state index is 6.02. The van der Waals surface area contributed by atoms with Crippen LogP contribution in [0.4, 0.5) is 0 Å². The first-order valence-electron chi connectivity index (χ1n) is 6.69. The first-order valence-corrected chi connectivity index (χ1v) is 6.69. The monoisotopic (exact) mass is 266 g/mol. The molecule has 0 spiro atoms. The Labute approximate surface area is 118 Å². The summed E-state index contributed by atoms with van der Waals surface area (Å²) in [6, 6.07) is 14.8. The summed E-state index contributed by atoms with van der Waals surface area (Å²) < 4.78 is 1.83. The van der Waals surface area contributed by atoms with E-state index in [0.717, 1.165) is 5.69 Å². The minimum atomic E-state index is -0.457. The average Bonchev–Trinajstić information content (AvgIpc) is 2.87. The zero-order valence-corrected chi connectivity index (χ0v) is 11.7. The summed E-state index contributed by atoms with van der Waals surface area (Å²) >= 11 is 0. The summed E-state index contributed by atoms with van der Waals surface area (Å²) in [6.07, 6.45) is 1.91. The van der Waals surface area contributed by atoms with E-state index in [2.05, 4.69) is 52.8 Å². The molecule has 2 aromatic carbocycles. The highest BCUT2D eigenvalue weighted by atomic mass is 15.4. The van der Waals surface area contributed by atoms with Gasteiger partial charge in [-0.3, -0.25) is 0 Å². The predicted molar refractivity (Wildman–Crippen MR) is 80.3 cm³/mol. The number of nitrogens with zero attached hydrogens (tertiary/aromatic N) is 3. The van der Waals surface area contributed by atoms with Crippen LogP contribution < -0.4 is 5.73 Å². The fraction of sp³-hybridized carbons (Fsp3) is 0.250. The molecule has 3 rings (SSSR count). The van der Waals surface area contributed by atoms with E-state index in [0.29, 0.717) is 6.54 Å². The van der Waals surface area contributed by atoms with Gasteiger partial charge in [0.05, 0.1) is 18.3 Å². The average molecular weight is 266 g/mol. The van der Waals surface area contributed by atoms with Crippen molar-refractivity contribution >= 4 is 10.8 Å². The number of nitrogens with two attached hydrogens (primary N) is 1. The topological polar surface area (TPSA) is 56.7 Å². The van der Waals surface area contributed by atoms with Gasteiger partial charge in [0.15, 0.2) is 0 Å². The van der Waals surface area contributed by atoms with Gasteiger partial charge in [0, 0.05) is 0 Å². The lowest BCUT2D eigenvalue weighted by Gasteiger charge is -2.13. The molecule has 0 fully saturated rings. The molecule has 0 unspecified atom stereocenters. The smallest absolute Gasteiger partial charge is 0.102 e. The van der Waals surface area contributed by atoms with Crippen molar-refractivity contribution < 1.29 is 0 Å². The van der Waals surface area contributed by atoms with Crippen LogP contribution in [0.25, 0.3) is 10.8 Å². The fourth-order valence-corrected chi connectivity index (χ4v) is 2.20. The quantitative estimate of drug-likeness (QED) is 0.793. The van der Waals surface area contributed by atoms with E-state index in [4.69, 9.17) is 5.73 Å². The SMILES string of the molecule is CC(C)(N)c1cn(Cc2ccc3ccccc3c2)nn1. The van der Waals surface area contributed by atoms with Crippen molar-refractivity contribution in [2.24, 2.45) is 5.73 Å². The zero-order chi connectivity index (χ0) is 14.2. The first kappa shape index (κ1) is 12.8. The molecule has 20 heavy (non-hydrogen) atoms. The van der Waals surface area contributed by atoms with E-state index < -0.39 is 5.54 Å². The molecule has 0 amide bonds. The number of hydrogen-bond donors (Lipinski definition) is 1. The van der Waals surface area contributed by atoms with Gasteiger partial charge in [0.25, 0.3) is 0 Å². The Morgan fingerprint density at radius 2 is 1.85 bits per heavy atom. The lowest BCUT2D eigenvalue weighted by molar-refractivity contribution is 0.533. The molecule has 3 aromatic rings. The summed E-state index contributed by atoms with van der Waals surface area (Å²) in [7, 11) is 0. The van der Waals surface area contributed by atoms with Gasteiger partial charge >= 0.3 is 0 Å². The van der Waals surface area contributed by atoms with E-state index in [-0.39, 0.29) is 0 Å². The summed E-state index contributed by atoms with van der Waals surface area (Å²) in [5.41, 5.74) is 7.57. The van der Waals surface area contributed by atoms with Crippen molar-refractivity contribution in [2.45, 2.75) is 25.9 Å². The predicted octanol–water partition coefficient (Wildman–Crippen LogP) is 2.67. The Hall–Kier alpha value is -2.20. The number of fused-ring (bicyclic) bond motifs is 1. The van der Waals surface area contributed by atoms with Crippen LogP contribution in [0.3, 0.4) is 0 Å². The van der Waals surface area contributed by atoms with Gasteiger partial charge in [0.1, 0.15) is 5.69 Å². The van der Waals surface area contributed by atoms with Gasteiger partial charge in [-0.1, -0.05) is 41.6 Å². The van der Waals surface area contributed by atoms with E-state index in [9.17, 15) is 0 Å². The second kappa shape index (κ2) is 4.72. The minimum Gasteiger partial charge on any atom is -0.320 e. The molecule has 4 nitrogen and oxygen atoms in total. The Balaban J connectivity index is 1.87. The van der Waals surface area contributed by atoms with E-state index in [1.54, 1.807) is 0 Å². The maximum atomic E-state index is 6.02. The van der Waals surface area contributed by atoms with E-state index >= 15 is 0 Å². The normalized spacial score (nSPS) is 11.9. The van der Waals surface area contributed by atoms with Gasteiger partial charge in [-0.05, 0) is 36.2 Å². The van der Waals surface area contributed by atoms with Crippen molar-refractivity contribution in [3.8, 4) is 0 Å². The summed E-state index contributed by atoms with van der Waals surface area (Å²) in [6.45, 7) is 4.56. The standard InChI is InChI=1S/C16H18N4/c1-16(2,17)15-11-20(19-18-15)10-12-7-8-13-5-3-4-6-14(13)9-12/h3-9,11H,10,17H2,1-2H3. The number of benzene rings is 2. The van der Waals surface area contributed by atoms with Crippen LogP contribution in [-0.4, -0.2) is 15.0 Å². The molecular weight excluding hydrogens is 248 g/mol. The van der Waals surface area contributed by atoms with Gasteiger partial charge in [-0.2, -0.15) is 0 Å². The molecule has 102 valence electrons. The molecular formula is C16H18N4. The van der Waals surface area contributed by atoms with Crippen LogP contribution >= 0.6 is 0 Å². The van der Waals surface area contributed by atoms with E-state index in [1.165, 1.54) is 16.3 Å². The Morgan fingerprint density at radius 1 is 1.10 bits per heavy atom. The highest BCUT2D eigenvalue weighted by Crippen LogP contribution is 2.17. The number of hydrogen-bond acceptors (Lipinski definition) is 3. The lowest BCUT2D eigenvalue weighted by Crippen LogP contribution is -2.29. The van der Waals surface area contributed by atoms with Gasteiger partial charge in [-0.15, -0.1) is 5.10 Å². The van der Waals surface area contributed by atoms with Crippen molar-refractivity contribution in [3.63, 3.8) is 0 Å². The largest absolute Gasteiger partial charge is 0.320 e. The van der Waals surface area contributed by atoms with Crippen LogP contribution in [0.15, 0.2) is 48.7 Å². The molecule has 2 N–H and O–H groups in total. The van der Waals surface area contributed by atoms with Gasteiger partial charge in [0.2, 0.25) is 0 Å². The van der Waals surface area contributed by atoms with Crippen LogP contribution in [0.2, 0.25) is 0 Å².